The van der Waals surface area contributed by atoms with Crippen LogP contribution in [0.5, 0.6) is 0 Å². The van der Waals surface area contributed by atoms with Gasteiger partial charge in [-0.05, 0) is 90.2 Å². The third kappa shape index (κ3) is 6.02. The van der Waals surface area contributed by atoms with Gasteiger partial charge >= 0.3 is 12.1 Å². The highest BCUT2D eigenvalue weighted by atomic mass is 32.2. The number of hydrogen-bond donors (Lipinski definition) is 2. The van der Waals surface area contributed by atoms with Gasteiger partial charge in [-0.2, -0.15) is 23.5 Å². The maximum Gasteiger partial charge on any atom is 0.416 e. The highest BCUT2D eigenvalue weighted by molar-refractivity contribution is 7.99. The van der Waals surface area contributed by atoms with E-state index in [0.29, 0.717) is 32.0 Å². The molecule has 0 unspecified atom stereocenters. The Kier molecular flexibility index (Phi) is 7.61. The van der Waals surface area contributed by atoms with Gasteiger partial charge in [0.2, 0.25) is 0 Å². The minimum atomic E-state index is -4.45. The van der Waals surface area contributed by atoms with E-state index in [9.17, 15) is 33.1 Å². The van der Waals surface area contributed by atoms with E-state index in [4.69, 9.17) is 5.10 Å². The minimum absolute atomic E-state index is 0.134. The predicted octanol–water partition coefficient (Wildman–Crippen LogP) is 7.71. The van der Waals surface area contributed by atoms with Crippen molar-refractivity contribution in [1.82, 2.24) is 15.1 Å². The first-order chi connectivity index (χ1) is 21.1. The fraction of sp³-hybridized carbons (Fsp3) is 0.152. The van der Waals surface area contributed by atoms with E-state index >= 15 is 0 Å². The number of fused-ring (bicyclic) bond motifs is 1. The van der Waals surface area contributed by atoms with Crippen molar-refractivity contribution in [3.05, 3.63) is 113 Å². The summed E-state index contributed by atoms with van der Waals surface area (Å²) in [6.45, 7) is 0.138. The molecule has 220 valence electrons. The summed E-state index contributed by atoms with van der Waals surface area (Å²) < 4.78 is 41.4. The van der Waals surface area contributed by atoms with Gasteiger partial charge in [-0.15, -0.1) is 0 Å². The molecule has 0 aliphatic heterocycles. The molecule has 0 saturated heterocycles. The average molecular weight is 613 g/mol. The van der Waals surface area contributed by atoms with Crippen LogP contribution in [0.25, 0.3) is 22.0 Å². The molecule has 0 atom stereocenters. The quantitative estimate of drug-likeness (QED) is 0.186. The molecule has 1 aliphatic carbocycles. The first-order valence-electron chi connectivity index (χ1n) is 13.6. The molecule has 1 heterocycles. The van der Waals surface area contributed by atoms with Gasteiger partial charge in [0.15, 0.2) is 0 Å². The van der Waals surface area contributed by atoms with Crippen molar-refractivity contribution in [2.45, 2.75) is 41.5 Å². The van der Waals surface area contributed by atoms with Crippen LogP contribution in [0.15, 0.2) is 94.9 Å². The smallest absolute Gasteiger partial charge is 0.416 e. The Morgan fingerprint density at radius 3 is 2.25 bits per heavy atom. The van der Waals surface area contributed by atoms with E-state index < -0.39 is 23.6 Å². The molecule has 1 aromatic heterocycles. The summed E-state index contributed by atoms with van der Waals surface area (Å²) in [4.78, 5) is 25.6. The highest BCUT2D eigenvalue weighted by Crippen LogP contribution is 2.43. The lowest BCUT2D eigenvalue weighted by Gasteiger charge is -2.12. The van der Waals surface area contributed by atoms with Crippen LogP contribution in [-0.2, 0) is 12.7 Å². The van der Waals surface area contributed by atoms with Crippen molar-refractivity contribution in [1.29, 1.82) is 5.26 Å². The third-order valence-corrected chi connectivity index (χ3v) is 8.30. The van der Waals surface area contributed by atoms with Gasteiger partial charge < -0.3 is 10.4 Å². The molecule has 0 bridgehead atoms. The zero-order valence-electron chi connectivity index (χ0n) is 22.9. The molecule has 4 aromatic carbocycles. The van der Waals surface area contributed by atoms with Gasteiger partial charge in [-0.25, -0.2) is 4.79 Å². The number of amides is 1. The molecular formula is C33H23F3N4O3S. The Bertz CT molecular complexity index is 1920. The van der Waals surface area contributed by atoms with Crippen LogP contribution in [0.2, 0.25) is 0 Å². The topological polar surface area (TPSA) is 108 Å². The summed E-state index contributed by atoms with van der Waals surface area (Å²) >= 11 is 1.19. The standard InChI is InChI=1S/C33H23F3N4O3S/c34-33(35,36)24-9-13-26(14-10-24)44-31-29-27(30(41)38-18-20-3-7-22(8-4-20)32(42)43)15-23(21-5-1-19(17-37)2-6-21)16-28(29)40(39-31)25-11-12-25/h1-10,13-16,25H,11-12,18H2,(H,38,41)(H,42,43). The number of carbonyl (C=O) groups excluding carboxylic acids is 1. The number of nitrogens with one attached hydrogen (secondary N) is 1. The number of carbonyl (C=O) groups is 2. The molecule has 6 rings (SSSR count). The van der Waals surface area contributed by atoms with Crippen molar-refractivity contribution in [2.75, 3.05) is 0 Å². The molecule has 1 amide bonds. The fourth-order valence-corrected chi connectivity index (χ4v) is 5.79. The number of benzene rings is 4. The minimum Gasteiger partial charge on any atom is -0.478 e. The Labute approximate surface area is 253 Å². The summed E-state index contributed by atoms with van der Waals surface area (Å²) in [6.07, 6.45) is -2.63. The largest absolute Gasteiger partial charge is 0.478 e. The Morgan fingerprint density at radius 1 is 0.977 bits per heavy atom. The van der Waals surface area contributed by atoms with Gasteiger partial charge in [0, 0.05) is 16.8 Å². The van der Waals surface area contributed by atoms with Crippen molar-refractivity contribution < 1.29 is 27.9 Å². The number of nitrogens with zero attached hydrogens (tertiary/aromatic N) is 3. The van der Waals surface area contributed by atoms with E-state index in [2.05, 4.69) is 11.4 Å². The lowest BCUT2D eigenvalue weighted by Crippen LogP contribution is -2.23. The third-order valence-electron chi connectivity index (χ3n) is 7.31. The van der Waals surface area contributed by atoms with Gasteiger partial charge in [0.25, 0.3) is 5.91 Å². The normalized spacial score (nSPS) is 13.0. The molecule has 0 radical (unpaired) electrons. The predicted molar refractivity (Wildman–Crippen MR) is 158 cm³/mol. The van der Waals surface area contributed by atoms with Crippen LogP contribution in [0.1, 0.15) is 56.3 Å². The second kappa shape index (κ2) is 11.5. The summed E-state index contributed by atoms with van der Waals surface area (Å²) in [7, 11) is 0. The maximum atomic E-state index is 13.8. The molecule has 1 aliphatic rings. The number of hydrogen-bond acceptors (Lipinski definition) is 5. The fourth-order valence-electron chi connectivity index (χ4n) is 4.85. The number of rotatable bonds is 8. The Morgan fingerprint density at radius 2 is 1.66 bits per heavy atom. The van der Waals surface area contributed by atoms with Gasteiger partial charge in [0.1, 0.15) is 5.03 Å². The van der Waals surface area contributed by atoms with E-state index in [0.717, 1.165) is 41.6 Å². The monoisotopic (exact) mass is 612 g/mol. The van der Waals surface area contributed by atoms with Crippen molar-refractivity contribution in [2.24, 2.45) is 0 Å². The number of carboxylic acid groups (broad SMARTS) is 1. The van der Waals surface area contributed by atoms with Crippen LogP contribution in [0.4, 0.5) is 13.2 Å². The first-order valence-corrected chi connectivity index (χ1v) is 14.4. The van der Waals surface area contributed by atoms with Crippen LogP contribution in [0.3, 0.4) is 0 Å². The summed E-state index contributed by atoms with van der Waals surface area (Å²) in [5.74, 6) is -1.44. The lowest BCUT2D eigenvalue weighted by molar-refractivity contribution is -0.137. The van der Waals surface area contributed by atoms with Crippen LogP contribution in [0, 0.1) is 11.3 Å². The Hall–Kier alpha value is -5.08. The number of alkyl halides is 3. The summed E-state index contributed by atoms with van der Waals surface area (Å²) in [5.41, 5.74) is 3.18. The van der Waals surface area contributed by atoms with E-state index in [1.807, 2.05) is 10.7 Å². The molecule has 0 spiro atoms. The van der Waals surface area contributed by atoms with Crippen molar-refractivity contribution in [3.63, 3.8) is 0 Å². The number of aromatic carboxylic acids is 1. The number of aromatic nitrogens is 2. The van der Waals surface area contributed by atoms with Gasteiger partial charge in [-0.1, -0.05) is 36.0 Å². The van der Waals surface area contributed by atoms with Gasteiger partial charge in [-0.3, -0.25) is 9.48 Å². The molecule has 1 saturated carbocycles. The van der Waals surface area contributed by atoms with Crippen LogP contribution in [-0.4, -0.2) is 26.8 Å². The molecule has 44 heavy (non-hydrogen) atoms. The Balaban J connectivity index is 1.42. The second-order valence-corrected chi connectivity index (χ2v) is 11.5. The molecule has 5 aromatic rings. The molecule has 1 fully saturated rings. The summed E-state index contributed by atoms with van der Waals surface area (Å²) in [6, 6.07) is 24.0. The molecule has 7 nitrogen and oxygen atoms in total. The highest BCUT2D eigenvalue weighted by Gasteiger charge is 2.31. The second-order valence-electron chi connectivity index (χ2n) is 10.4. The number of carboxylic acids is 1. The van der Waals surface area contributed by atoms with Crippen LogP contribution >= 0.6 is 11.8 Å². The number of nitriles is 1. The zero-order chi connectivity index (χ0) is 31.0. The summed E-state index contributed by atoms with van der Waals surface area (Å²) in [5, 5.41) is 27.3. The van der Waals surface area contributed by atoms with Crippen LogP contribution < -0.4 is 5.32 Å². The van der Waals surface area contributed by atoms with Crippen molar-refractivity contribution in [3.8, 4) is 17.2 Å². The molecule has 2 N–H and O–H groups in total. The number of halogens is 3. The lowest BCUT2D eigenvalue weighted by atomic mass is 9.98. The van der Waals surface area contributed by atoms with Gasteiger partial charge in [0.05, 0.1) is 39.9 Å². The van der Waals surface area contributed by atoms with Crippen molar-refractivity contribution >= 4 is 34.5 Å². The SMILES string of the molecule is N#Cc1ccc(-c2cc(C(=O)NCc3ccc(C(=O)O)cc3)c3c(Sc4ccc(C(F)(F)F)cc4)nn(C4CC4)c3c2)cc1. The first kappa shape index (κ1) is 29.0. The van der Waals surface area contributed by atoms with E-state index in [-0.39, 0.29) is 18.2 Å². The molecule has 11 heteroatoms. The average Bonchev–Trinajstić information content (AvgIpc) is 3.81. The van der Waals surface area contributed by atoms with E-state index in [1.165, 1.54) is 36.0 Å². The molecular weight excluding hydrogens is 589 g/mol. The van der Waals surface area contributed by atoms with E-state index in [1.54, 1.807) is 42.5 Å². The zero-order valence-corrected chi connectivity index (χ0v) is 23.7. The maximum absolute atomic E-state index is 13.8.